The van der Waals surface area contributed by atoms with Gasteiger partial charge < -0.3 is 5.11 Å². The summed E-state index contributed by atoms with van der Waals surface area (Å²) in [5, 5.41) is 19.2. The minimum Gasteiger partial charge on any atom is -0.501 e. The predicted molar refractivity (Wildman–Crippen MR) is 85.7 cm³/mol. The van der Waals surface area contributed by atoms with E-state index < -0.39 is 0 Å². The molecule has 0 atom stereocenters. The molecule has 0 heterocycles. The number of carbonyl (C=O) groups excluding carboxylic acids is 1. The van der Waals surface area contributed by atoms with Gasteiger partial charge in [-0.15, -0.1) is 0 Å². The molecule has 2 rings (SSSR count). The Hall–Kier alpha value is -2.93. The third-order valence-electron chi connectivity index (χ3n) is 3.35. The number of hydrogen-bond acceptors (Lipinski definition) is 3. The molecule has 0 amide bonds. The molecule has 2 aromatic carbocycles. The number of carbonyl (C=O) groups is 1. The number of aliphatic hydroxyl groups excluding tert-OH is 1. The Kier molecular flexibility index (Phi) is 5.44. The summed E-state index contributed by atoms with van der Waals surface area (Å²) in [5.74, 6) is -0.0210. The molecule has 0 spiro atoms. The van der Waals surface area contributed by atoms with Gasteiger partial charge in [0.1, 0.15) is 0 Å². The van der Waals surface area contributed by atoms with E-state index in [9.17, 15) is 9.90 Å². The molecule has 0 bridgehead atoms. The van der Waals surface area contributed by atoms with Gasteiger partial charge in [-0.05, 0) is 6.42 Å². The summed E-state index contributed by atoms with van der Waals surface area (Å²) in [5.41, 5.74) is 1.44. The lowest BCUT2D eigenvalue weighted by Gasteiger charge is -1.99. The second kappa shape index (κ2) is 7.75. The van der Waals surface area contributed by atoms with Crippen molar-refractivity contribution in [2.75, 3.05) is 0 Å². The zero-order valence-electron chi connectivity index (χ0n) is 12.1. The highest BCUT2D eigenvalue weighted by molar-refractivity contribution is 5.95. The van der Waals surface area contributed by atoms with Crippen LogP contribution >= 0.6 is 0 Å². The van der Waals surface area contributed by atoms with Crippen LogP contribution in [0.15, 0.2) is 66.4 Å². The number of diazo groups is 1. The third kappa shape index (κ3) is 4.03. The minimum absolute atomic E-state index is 0.0390. The Labute approximate surface area is 129 Å². The first-order chi connectivity index (χ1) is 10.7. The first kappa shape index (κ1) is 15.5. The summed E-state index contributed by atoms with van der Waals surface area (Å²) >= 11 is 0. The fraction of sp³-hybridized carbons (Fsp3) is 0.167. The van der Waals surface area contributed by atoms with Crippen LogP contribution in [0.4, 0.5) is 0 Å². The third-order valence-corrected chi connectivity index (χ3v) is 3.35. The second-order valence-electron chi connectivity index (χ2n) is 4.90. The summed E-state index contributed by atoms with van der Waals surface area (Å²) in [6, 6.07) is 17.9. The number of hydrogen-bond donors (Lipinski definition) is 1. The maximum atomic E-state index is 12.0. The van der Waals surface area contributed by atoms with Gasteiger partial charge in [-0.2, -0.15) is 0 Å². The molecule has 22 heavy (non-hydrogen) atoms. The van der Waals surface area contributed by atoms with Crippen molar-refractivity contribution >= 4 is 11.5 Å². The number of aliphatic hydroxyl groups is 1. The van der Waals surface area contributed by atoms with E-state index in [1.165, 1.54) is 0 Å². The molecule has 4 nitrogen and oxygen atoms in total. The van der Waals surface area contributed by atoms with Crippen LogP contribution in [-0.4, -0.2) is 10.9 Å². The van der Waals surface area contributed by atoms with Gasteiger partial charge in [-0.3, -0.25) is 4.79 Å². The Morgan fingerprint density at radius 1 is 0.909 bits per heavy atom. The molecule has 4 heteroatoms. The average Bonchev–Trinajstić information content (AvgIpc) is 2.59. The van der Waals surface area contributed by atoms with Crippen molar-refractivity contribution in [3.8, 4) is 0 Å². The first-order valence-corrected chi connectivity index (χ1v) is 7.13. The van der Waals surface area contributed by atoms with Gasteiger partial charge in [0, 0.05) is 17.5 Å². The Morgan fingerprint density at radius 3 is 2.00 bits per heavy atom. The van der Waals surface area contributed by atoms with Crippen LogP contribution in [-0.2, 0) is 0 Å². The molecule has 2 aromatic rings. The van der Waals surface area contributed by atoms with Crippen LogP contribution in [0.2, 0.25) is 0 Å². The molecule has 0 aliphatic carbocycles. The molecule has 0 fully saturated rings. The molecule has 0 saturated carbocycles. The summed E-state index contributed by atoms with van der Waals surface area (Å²) < 4.78 is 0. The van der Waals surface area contributed by atoms with E-state index in [1.807, 2.05) is 24.3 Å². The molecule has 0 aliphatic rings. The van der Waals surface area contributed by atoms with E-state index in [1.54, 1.807) is 36.4 Å². The Bertz CT molecular complexity index is 701. The lowest BCUT2D eigenvalue weighted by Crippen LogP contribution is -1.99. The minimum atomic E-state index is -0.0599. The number of nitrogens with zero attached hydrogens (tertiary/aromatic N) is 2. The molecule has 0 saturated heterocycles. The number of Topliss-reactive ketones (excluding diaryl/α,β-unsaturated/α-hetero) is 1. The molecule has 0 unspecified atom stereocenters. The lowest BCUT2D eigenvalue weighted by molar-refractivity contribution is 0.0980. The smallest absolute Gasteiger partial charge is 0.403 e. The number of benzene rings is 2. The topological polar surface area (TPSA) is 65.5 Å². The molecule has 0 aromatic heterocycles. The molecule has 0 radical (unpaired) electrons. The number of allylic oxidation sites excluding steroid dienone is 1. The zero-order chi connectivity index (χ0) is 15.8. The van der Waals surface area contributed by atoms with Gasteiger partial charge >= 0.3 is 5.70 Å². The monoisotopic (exact) mass is 293 g/mol. The maximum Gasteiger partial charge on any atom is 0.403 e. The molecule has 0 aliphatic heterocycles. The molecular formula is C18H17N2O2+. The highest BCUT2D eigenvalue weighted by Crippen LogP contribution is 2.21. The van der Waals surface area contributed by atoms with Gasteiger partial charge in [-0.1, -0.05) is 60.7 Å². The highest BCUT2D eigenvalue weighted by Gasteiger charge is 2.20. The van der Waals surface area contributed by atoms with Gasteiger partial charge in [0.25, 0.3) is 0 Å². The quantitative estimate of drug-likeness (QED) is 0.471. The summed E-state index contributed by atoms with van der Waals surface area (Å²) in [7, 11) is 0. The molecule has 110 valence electrons. The largest absolute Gasteiger partial charge is 0.501 e. The Balaban J connectivity index is 1.98. The fourth-order valence-electron chi connectivity index (χ4n) is 2.16. The fourth-order valence-corrected chi connectivity index (χ4v) is 2.16. The van der Waals surface area contributed by atoms with E-state index in [0.29, 0.717) is 30.4 Å². The molecule has 1 N–H and O–H groups in total. The number of rotatable bonds is 6. The average molecular weight is 293 g/mol. The molecular weight excluding hydrogens is 276 g/mol. The van der Waals surface area contributed by atoms with Gasteiger partial charge in [0.2, 0.25) is 11.2 Å². The highest BCUT2D eigenvalue weighted by atomic mass is 16.3. The second-order valence-corrected chi connectivity index (χ2v) is 4.90. The predicted octanol–water partition coefficient (Wildman–Crippen LogP) is 4.82. The van der Waals surface area contributed by atoms with Crippen molar-refractivity contribution in [2.24, 2.45) is 0 Å². The summed E-state index contributed by atoms with van der Waals surface area (Å²) in [6.07, 6.45) is 1.17. The summed E-state index contributed by atoms with van der Waals surface area (Å²) in [6.45, 7) is 0. The standard InChI is InChI=1S/C18H16N2O2/c19-20-16(18(22)15-10-5-2-6-11-15)12-7-13-17(21)14-8-3-1-4-9-14/h1-6,8-11H,7,12-13H2/p+1/b18-16+. The van der Waals surface area contributed by atoms with Gasteiger partial charge in [-0.25, -0.2) is 0 Å². The van der Waals surface area contributed by atoms with Crippen LogP contribution in [0.1, 0.15) is 35.2 Å². The van der Waals surface area contributed by atoms with Crippen LogP contribution in [0.25, 0.3) is 10.7 Å². The van der Waals surface area contributed by atoms with Gasteiger partial charge in [0.15, 0.2) is 10.8 Å². The van der Waals surface area contributed by atoms with Crippen molar-refractivity contribution in [1.82, 2.24) is 0 Å². The van der Waals surface area contributed by atoms with E-state index in [4.69, 9.17) is 5.39 Å². The Morgan fingerprint density at radius 2 is 1.45 bits per heavy atom. The van der Waals surface area contributed by atoms with E-state index in [2.05, 4.69) is 4.98 Å². The van der Waals surface area contributed by atoms with Crippen molar-refractivity contribution in [3.63, 3.8) is 0 Å². The zero-order valence-corrected chi connectivity index (χ0v) is 12.1. The van der Waals surface area contributed by atoms with Crippen LogP contribution < -0.4 is 0 Å². The van der Waals surface area contributed by atoms with E-state index >= 15 is 0 Å². The van der Waals surface area contributed by atoms with Crippen LogP contribution in [0.3, 0.4) is 0 Å². The summed E-state index contributed by atoms with van der Waals surface area (Å²) in [4.78, 5) is 15.1. The lowest BCUT2D eigenvalue weighted by atomic mass is 10.0. The van der Waals surface area contributed by atoms with E-state index in [0.717, 1.165) is 0 Å². The van der Waals surface area contributed by atoms with Crippen molar-refractivity contribution in [3.05, 3.63) is 82.5 Å². The SMILES string of the molecule is N#[N+]/C(CCCC(=O)c1ccccc1)=C(/O)c1ccccc1. The van der Waals surface area contributed by atoms with E-state index in [-0.39, 0.29) is 17.2 Å². The van der Waals surface area contributed by atoms with Crippen molar-refractivity contribution < 1.29 is 9.90 Å². The van der Waals surface area contributed by atoms with Crippen molar-refractivity contribution in [2.45, 2.75) is 19.3 Å². The normalized spacial score (nSPS) is 11.4. The van der Waals surface area contributed by atoms with Gasteiger partial charge in [0.05, 0.1) is 6.42 Å². The number of ketones is 1. The first-order valence-electron chi connectivity index (χ1n) is 7.13. The van der Waals surface area contributed by atoms with Crippen LogP contribution in [0, 0.1) is 5.39 Å². The maximum absolute atomic E-state index is 12.0. The van der Waals surface area contributed by atoms with Crippen molar-refractivity contribution in [1.29, 1.82) is 5.39 Å². The van der Waals surface area contributed by atoms with Crippen LogP contribution in [0.5, 0.6) is 0 Å².